The van der Waals surface area contributed by atoms with Crippen molar-refractivity contribution in [3.8, 4) is 11.5 Å². The summed E-state index contributed by atoms with van der Waals surface area (Å²) in [5, 5.41) is 13.2. The summed E-state index contributed by atoms with van der Waals surface area (Å²) in [4.78, 5) is 11.0. The van der Waals surface area contributed by atoms with Gasteiger partial charge in [0.2, 0.25) is 0 Å². The average Bonchev–Trinajstić information content (AvgIpc) is 2.57. The van der Waals surface area contributed by atoms with Crippen LogP contribution in [-0.4, -0.2) is 30.5 Å². The Morgan fingerprint density at radius 3 is 2.61 bits per heavy atom. The first-order valence-corrected chi connectivity index (χ1v) is 7.02. The van der Waals surface area contributed by atoms with Crippen molar-refractivity contribution in [1.29, 1.82) is 0 Å². The summed E-state index contributed by atoms with van der Waals surface area (Å²) >= 11 is 0. The highest BCUT2D eigenvalue weighted by atomic mass is 16.5. The number of carbonyl (C=O) groups is 1. The lowest BCUT2D eigenvalue weighted by Gasteiger charge is -2.15. The van der Waals surface area contributed by atoms with Gasteiger partial charge in [-0.25, -0.2) is 4.79 Å². The number of ether oxygens (including phenoxy) is 2. The van der Waals surface area contributed by atoms with Gasteiger partial charge < -0.3 is 14.6 Å². The molecule has 2 N–H and O–H groups in total. The number of rotatable bonds is 7. The Morgan fingerprint density at radius 2 is 1.96 bits per heavy atom. The summed E-state index contributed by atoms with van der Waals surface area (Å²) in [6.07, 6.45) is 0.555. The van der Waals surface area contributed by atoms with Gasteiger partial charge in [-0.2, -0.15) is 5.10 Å². The van der Waals surface area contributed by atoms with Crippen LogP contribution in [0.2, 0.25) is 0 Å². The smallest absolute Gasteiger partial charge is 0.344 e. The largest absolute Gasteiger partial charge is 0.493 e. The first kappa shape index (κ1) is 16.4. The fourth-order valence-electron chi connectivity index (χ4n) is 1.84. The second-order valence-electron chi connectivity index (χ2n) is 4.71. The number of nitrogens with one attached hydrogen (secondary N) is 1. The number of nitrogens with zero attached hydrogens (tertiary/aromatic N) is 1. The van der Waals surface area contributed by atoms with Crippen molar-refractivity contribution in [2.75, 3.05) is 12.5 Å². The van der Waals surface area contributed by atoms with E-state index in [-0.39, 0.29) is 0 Å². The lowest BCUT2D eigenvalue weighted by Crippen LogP contribution is -2.23. The monoisotopic (exact) mass is 314 g/mol. The molecule has 2 aromatic carbocycles. The van der Waals surface area contributed by atoms with Crippen molar-refractivity contribution >= 4 is 17.9 Å². The Balaban J connectivity index is 2.21. The Labute approximate surface area is 134 Å². The molecule has 0 bridgehead atoms. The Bertz CT molecular complexity index is 686. The van der Waals surface area contributed by atoms with Crippen molar-refractivity contribution in [3.63, 3.8) is 0 Å². The third kappa shape index (κ3) is 4.47. The lowest BCUT2D eigenvalue weighted by molar-refractivity contribution is -0.144. The van der Waals surface area contributed by atoms with Gasteiger partial charge in [0.25, 0.3) is 0 Å². The second-order valence-corrected chi connectivity index (χ2v) is 4.71. The van der Waals surface area contributed by atoms with E-state index < -0.39 is 12.1 Å². The molecule has 0 aromatic heterocycles. The molecule has 0 unspecified atom stereocenters. The number of aliphatic carboxylic acids is 1. The van der Waals surface area contributed by atoms with Crippen LogP contribution in [0, 0.1) is 0 Å². The van der Waals surface area contributed by atoms with E-state index in [1.54, 1.807) is 24.4 Å². The number of hydrogen-bond acceptors (Lipinski definition) is 5. The van der Waals surface area contributed by atoms with E-state index in [1.165, 1.54) is 14.0 Å². The summed E-state index contributed by atoms with van der Waals surface area (Å²) in [5.41, 5.74) is 4.34. The highest BCUT2D eigenvalue weighted by molar-refractivity contribution is 5.86. The minimum absolute atomic E-state index is 0.337. The molecule has 2 aromatic rings. The maximum absolute atomic E-state index is 11.0. The minimum Gasteiger partial charge on any atom is -0.493 e. The molecule has 0 saturated heterocycles. The fourth-order valence-corrected chi connectivity index (χ4v) is 1.84. The van der Waals surface area contributed by atoms with Crippen LogP contribution < -0.4 is 14.9 Å². The quantitative estimate of drug-likeness (QED) is 0.606. The van der Waals surface area contributed by atoms with Gasteiger partial charge in [0.1, 0.15) is 0 Å². The number of anilines is 1. The Morgan fingerprint density at radius 1 is 1.22 bits per heavy atom. The summed E-state index contributed by atoms with van der Waals surface area (Å²) in [5.74, 6) is -0.272. The molecule has 120 valence electrons. The molecular weight excluding hydrogens is 296 g/mol. The summed E-state index contributed by atoms with van der Waals surface area (Å²) < 4.78 is 10.7. The third-order valence-corrected chi connectivity index (χ3v) is 3.04. The van der Waals surface area contributed by atoms with Gasteiger partial charge >= 0.3 is 5.97 Å². The molecule has 23 heavy (non-hydrogen) atoms. The van der Waals surface area contributed by atoms with Gasteiger partial charge in [-0.15, -0.1) is 0 Å². The van der Waals surface area contributed by atoms with Crippen molar-refractivity contribution in [3.05, 3.63) is 54.1 Å². The third-order valence-electron chi connectivity index (χ3n) is 3.04. The number of carboxylic acids is 1. The van der Waals surface area contributed by atoms with Gasteiger partial charge in [0.05, 0.1) is 19.0 Å². The van der Waals surface area contributed by atoms with Crippen molar-refractivity contribution in [2.24, 2.45) is 5.10 Å². The van der Waals surface area contributed by atoms with Crippen molar-refractivity contribution in [2.45, 2.75) is 13.0 Å². The predicted octanol–water partition coefficient (Wildman–Crippen LogP) is 2.99. The predicted molar refractivity (Wildman–Crippen MR) is 88.4 cm³/mol. The first-order valence-electron chi connectivity index (χ1n) is 7.02. The molecule has 0 spiro atoms. The zero-order chi connectivity index (χ0) is 16.7. The number of hydrazone groups is 1. The van der Waals surface area contributed by atoms with Gasteiger partial charge in [-0.1, -0.05) is 24.3 Å². The molecular formula is C17H18N2O4. The second kappa shape index (κ2) is 7.84. The van der Waals surface area contributed by atoms with Crippen LogP contribution in [0.5, 0.6) is 11.5 Å². The zero-order valence-electron chi connectivity index (χ0n) is 12.9. The molecule has 6 heteroatoms. The van der Waals surface area contributed by atoms with Crippen LogP contribution >= 0.6 is 0 Å². The van der Waals surface area contributed by atoms with Crippen LogP contribution in [-0.2, 0) is 4.79 Å². The van der Waals surface area contributed by atoms with E-state index >= 15 is 0 Å². The number of carboxylic acid groups (broad SMARTS) is 1. The standard InChI is InChI=1S/C17H18N2O4/c1-12(17(20)21)23-16-13(7-6-10-15(16)22-2)11-18-19-14-8-4-3-5-9-14/h3-12,19H,1-2H3,(H,20,21)/b18-11-/t12-/m1/s1. The molecule has 0 heterocycles. The fraction of sp³-hybridized carbons (Fsp3) is 0.176. The number of methoxy groups -OCH3 is 1. The van der Waals surface area contributed by atoms with E-state index in [1.807, 2.05) is 30.3 Å². The molecule has 0 radical (unpaired) electrons. The van der Waals surface area contributed by atoms with Crippen LogP contribution in [0.15, 0.2) is 53.6 Å². The summed E-state index contributed by atoms with van der Waals surface area (Å²) in [7, 11) is 1.50. The SMILES string of the molecule is COc1cccc(/C=N\Nc2ccccc2)c1O[C@H](C)C(=O)O. The van der Waals surface area contributed by atoms with E-state index in [4.69, 9.17) is 14.6 Å². The molecule has 1 atom stereocenters. The molecule has 0 amide bonds. The van der Waals surface area contributed by atoms with Crippen LogP contribution in [0.3, 0.4) is 0 Å². The molecule has 0 aliphatic carbocycles. The molecule has 0 aliphatic heterocycles. The van der Waals surface area contributed by atoms with E-state index in [0.717, 1.165) is 5.69 Å². The molecule has 6 nitrogen and oxygen atoms in total. The maximum atomic E-state index is 11.0. The normalized spacial score (nSPS) is 11.9. The minimum atomic E-state index is -1.05. The van der Waals surface area contributed by atoms with E-state index in [2.05, 4.69) is 10.5 Å². The van der Waals surface area contributed by atoms with Gasteiger partial charge in [0, 0.05) is 5.56 Å². The molecule has 0 saturated carbocycles. The zero-order valence-corrected chi connectivity index (χ0v) is 12.9. The highest BCUT2D eigenvalue weighted by Crippen LogP contribution is 2.31. The van der Waals surface area contributed by atoms with E-state index in [9.17, 15) is 4.79 Å². The lowest BCUT2D eigenvalue weighted by atomic mass is 10.2. The summed E-state index contributed by atoms with van der Waals surface area (Å²) in [6, 6.07) is 14.7. The van der Waals surface area contributed by atoms with Crippen LogP contribution in [0.1, 0.15) is 12.5 Å². The van der Waals surface area contributed by atoms with E-state index in [0.29, 0.717) is 17.1 Å². The summed E-state index contributed by atoms with van der Waals surface area (Å²) in [6.45, 7) is 1.46. The molecule has 0 aliphatic rings. The Kier molecular flexibility index (Phi) is 5.57. The first-order chi connectivity index (χ1) is 11.1. The van der Waals surface area contributed by atoms with Gasteiger partial charge in [-0.05, 0) is 31.2 Å². The topological polar surface area (TPSA) is 80.1 Å². The Hall–Kier alpha value is -3.02. The molecule has 0 fully saturated rings. The number of hydrogen-bond donors (Lipinski definition) is 2. The maximum Gasteiger partial charge on any atom is 0.344 e. The van der Waals surface area contributed by atoms with Gasteiger partial charge in [0.15, 0.2) is 17.6 Å². The molecule has 2 rings (SSSR count). The van der Waals surface area contributed by atoms with Crippen LogP contribution in [0.25, 0.3) is 0 Å². The average molecular weight is 314 g/mol. The number of benzene rings is 2. The number of para-hydroxylation sites is 2. The van der Waals surface area contributed by atoms with Crippen LogP contribution in [0.4, 0.5) is 5.69 Å². The van der Waals surface area contributed by atoms with Gasteiger partial charge in [-0.3, -0.25) is 5.43 Å². The van der Waals surface area contributed by atoms with Crippen molar-refractivity contribution < 1.29 is 19.4 Å². The highest BCUT2D eigenvalue weighted by Gasteiger charge is 2.17. The van der Waals surface area contributed by atoms with Crippen molar-refractivity contribution in [1.82, 2.24) is 0 Å².